The second-order valence-electron chi connectivity index (χ2n) is 10.5. The lowest BCUT2D eigenvalue weighted by Gasteiger charge is -2.33. The molecule has 1 unspecified atom stereocenters. The third kappa shape index (κ3) is 5.34. The first-order valence-electron chi connectivity index (χ1n) is 12.2. The van der Waals surface area contributed by atoms with E-state index in [1.165, 1.54) is 12.1 Å². The van der Waals surface area contributed by atoms with Gasteiger partial charge in [0.05, 0.1) is 11.1 Å². The van der Waals surface area contributed by atoms with Crippen LogP contribution in [0.5, 0.6) is 0 Å². The summed E-state index contributed by atoms with van der Waals surface area (Å²) in [7, 11) is 0. The van der Waals surface area contributed by atoms with Crippen molar-refractivity contribution >= 4 is 35.4 Å². The number of rotatable bonds is 5. The van der Waals surface area contributed by atoms with Gasteiger partial charge in [-0.2, -0.15) is 0 Å². The molecule has 194 valence electrons. The van der Waals surface area contributed by atoms with Crippen molar-refractivity contribution in [2.45, 2.75) is 64.5 Å². The summed E-state index contributed by atoms with van der Waals surface area (Å²) in [6, 6.07) is 1.45. The zero-order valence-corrected chi connectivity index (χ0v) is 20.7. The zero-order valence-electron chi connectivity index (χ0n) is 20.7. The molecule has 0 spiro atoms. The maximum absolute atomic E-state index is 14.8. The quantitative estimate of drug-likeness (QED) is 0.593. The number of likely N-dealkylation sites (tertiary alicyclic amines) is 1. The molecule has 3 aliphatic rings. The van der Waals surface area contributed by atoms with Crippen molar-refractivity contribution in [3.63, 3.8) is 0 Å². The minimum atomic E-state index is -1.14. The average molecular weight is 503 g/mol. The van der Waals surface area contributed by atoms with E-state index in [1.54, 1.807) is 4.90 Å². The van der Waals surface area contributed by atoms with Crippen molar-refractivity contribution in [3.05, 3.63) is 29.1 Å². The van der Waals surface area contributed by atoms with E-state index in [0.29, 0.717) is 31.2 Å². The Kier molecular flexibility index (Phi) is 7.01. The Labute approximate surface area is 208 Å². The maximum Gasteiger partial charge on any atom is 0.410 e. The summed E-state index contributed by atoms with van der Waals surface area (Å²) >= 11 is 0. The van der Waals surface area contributed by atoms with Crippen LogP contribution in [0.3, 0.4) is 0 Å². The molecule has 4 rings (SSSR count). The van der Waals surface area contributed by atoms with Gasteiger partial charge in [0.25, 0.3) is 11.8 Å². The molecule has 11 heteroatoms. The number of halogens is 1. The number of benzene rings is 1. The van der Waals surface area contributed by atoms with Gasteiger partial charge in [0.1, 0.15) is 17.5 Å². The predicted octanol–water partition coefficient (Wildman–Crippen LogP) is 2.68. The van der Waals surface area contributed by atoms with E-state index in [2.05, 4.69) is 10.6 Å². The molecule has 1 atom stereocenters. The van der Waals surface area contributed by atoms with E-state index < -0.39 is 41.1 Å². The molecule has 10 nitrogen and oxygen atoms in total. The molecule has 0 bridgehead atoms. The smallest absolute Gasteiger partial charge is 0.410 e. The van der Waals surface area contributed by atoms with Crippen molar-refractivity contribution < 1.29 is 33.1 Å². The number of amides is 5. The lowest BCUT2D eigenvalue weighted by Crippen LogP contribution is -2.54. The second-order valence-corrected chi connectivity index (χ2v) is 10.5. The summed E-state index contributed by atoms with van der Waals surface area (Å²) in [5, 5.41) is 5.24. The van der Waals surface area contributed by atoms with Crippen molar-refractivity contribution in [2.75, 3.05) is 25.0 Å². The monoisotopic (exact) mass is 502 g/mol. The molecular formula is C25H31FN4O6. The Morgan fingerprint density at radius 2 is 1.81 bits per heavy atom. The first kappa shape index (κ1) is 25.6. The summed E-state index contributed by atoms with van der Waals surface area (Å²) in [5.74, 6) is -3.29. The number of imide groups is 2. The number of carbonyl (C=O) groups is 5. The van der Waals surface area contributed by atoms with Gasteiger partial charge in [-0.15, -0.1) is 0 Å². The van der Waals surface area contributed by atoms with Crippen LogP contribution in [0.4, 0.5) is 14.9 Å². The average Bonchev–Trinajstić information content (AvgIpc) is 3.03. The highest BCUT2D eigenvalue weighted by atomic mass is 19.1. The highest BCUT2D eigenvalue weighted by Crippen LogP contribution is 2.32. The van der Waals surface area contributed by atoms with Crippen LogP contribution in [0.25, 0.3) is 0 Å². The third-order valence-corrected chi connectivity index (χ3v) is 6.64. The van der Waals surface area contributed by atoms with Gasteiger partial charge in [0.15, 0.2) is 0 Å². The molecule has 0 aliphatic carbocycles. The fraction of sp³-hybridized carbons (Fsp3) is 0.560. The third-order valence-electron chi connectivity index (χ3n) is 6.64. The van der Waals surface area contributed by atoms with Crippen molar-refractivity contribution in [1.29, 1.82) is 0 Å². The summed E-state index contributed by atoms with van der Waals surface area (Å²) in [4.78, 5) is 64.0. The van der Waals surface area contributed by atoms with Gasteiger partial charge in [-0.25, -0.2) is 9.18 Å². The number of hydrogen-bond acceptors (Lipinski definition) is 7. The molecule has 0 aromatic heterocycles. The van der Waals surface area contributed by atoms with E-state index >= 15 is 0 Å². The zero-order chi connectivity index (χ0) is 26.2. The Morgan fingerprint density at radius 1 is 1.11 bits per heavy atom. The molecular weight excluding hydrogens is 471 g/mol. The van der Waals surface area contributed by atoms with Crippen LogP contribution < -0.4 is 10.6 Å². The van der Waals surface area contributed by atoms with Gasteiger partial charge in [-0.05, 0) is 64.5 Å². The van der Waals surface area contributed by atoms with E-state index in [9.17, 15) is 28.4 Å². The van der Waals surface area contributed by atoms with E-state index in [1.807, 2.05) is 20.8 Å². The predicted molar refractivity (Wildman–Crippen MR) is 127 cm³/mol. The minimum absolute atomic E-state index is 0.00417. The van der Waals surface area contributed by atoms with E-state index in [-0.39, 0.29) is 30.1 Å². The summed E-state index contributed by atoms with van der Waals surface area (Å²) < 4.78 is 20.3. The molecule has 5 amide bonds. The summed E-state index contributed by atoms with van der Waals surface area (Å²) in [6.45, 7) is 7.25. The van der Waals surface area contributed by atoms with Gasteiger partial charge in [-0.3, -0.25) is 29.4 Å². The number of nitrogens with one attached hydrogen (secondary N) is 2. The van der Waals surface area contributed by atoms with Crippen LogP contribution in [0.1, 0.15) is 73.6 Å². The number of fused-ring (bicyclic) bond motifs is 1. The molecule has 2 fully saturated rings. The number of anilines is 1. The number of ether oxygens (including phenoxy) is 1. The normalized spacial score (nSPS) is 20.9. The van der Waals surface area contributed by atoms with Gasteiger partial charge in [0.2, 0.25) is 11.8 Å². The van der Waals surface area contributed by atoms with E-state index in [0.717, 1.165) is 24.2 Å². The standard InChI is InChI=1S/C25H31FN4O6/c1-25(2,3)36-24(35)29-10-7-14(8-11-29)6-9-27-15-12-16-20(17(26)13-15)23(34)30(22(16)33)18-4-5-19(31)28-21(18)32/h12-14,18,27H,4-11H2,1-3H3,(H,28,31,32). The highest BCUT2D eigenvalue weighted by Gasteiger charge is 2.46. The molecule has 36 heavy (non-hydrogen) atoms. The summed E-state index contributed by atoms with van der Waals surface area (Å²) in [5.41, 5.74) is -0.625. The second kappa shape index (κ2) is 9.87. The SMILES string of the molecule is CC(C)(C)OC(=O)N1CCC(CCNc2cc(F)c3c(c2)C(=O)N(C2CCC(=O)NC2=O)C3=O)CC1. The molecule has 2 N–H and O–H groups in total. The van der Waals surface area contributed by atoms with Crippen LogP contribution in [-0.4, -0.2) is 70.8 Å². The largest absolute Gasteiger partial charge is 0.444 e. The van der Waals surface area contributed by atoms with Crippen LogP contribution in [-0.2, 0) is 14.3 Å². The van der Waals surface area contributed by atoms with Crippen molar-refractivity contribution in [1.82, 2.24) is 15.1 Å². The fourth-order valence-corrected chi connectivity index (χ4v) is 4.80. The molecule has 0 radical (unpaired) electrons. The molecule has 1 aromatic rings. The van der Waals surface area contributed by atoms with Gasteiger partial charge >= 0.3 is 6.09 Å². The molecule has 1 aromatic carbocycles. The fourth-order valence-electron chi connectivity index (χ4n) is 4.80. The Hall–Kier alpha value is -3.50. The Morgan fingerprint density at radius 3 is 2.44 bits per heavy atom. The molecule has 3 aliphatic heterocycles. The van der Waals surface area contributed by atoms with Crippen LogP contribution in [0.15, 0.2) is 12.1 Å². The summed E-state index contributed by atoms with van der Waals surface area (Å²) in [6.07, 6.45) is 2.14. The lowest BCUT2D eigenvalue weighted by atomic mass is 9.93. The number of nitrogens with zero attached hydrogens (tertiary/aromatic N) is 2. The number of piperidine rings is 2. The Balaban J connectivity index is 1.33. The van der Waals surface area contributed by atoms with Gasteiger partial charge in [0, 0.05) is 31.7 Å². The minimum Gasteiger partial charge on any atom is -0.444 e. The van der Waals surface area contributed by atoms with Crippen LogP contribution in [0, 0.1) is 11.7 Å². The Bertz CT molecular complexity index is 1110. The lowest BCUT2D eigenvalue weighted by molar-refractivity contribution is -0.136. The molecule has 0 saturated carbocycles. The van der Waals surface area contributed by atoms with Crippen molar-refractivity contribution in [3.8, 4) is 0 Å². The number of hydrogen-bond donors (Lipinski definition) is 2. The highest BCUT2D eigenvalue weighted by molar-refractivity contribution is 6.23. The number of carbonyl (C=O) groups excluding carboxylic acids is 5. The molecule has 3 heterocycles. The molecule has 2 saturated heterocycles. The van der Waals surface area contributed by atoms with E-state index in [4.69, 9.17) is 4.74 Å². The van der Waals surface area contributed by atoms with Crippen LogP contribution >= 0.6 is 0 Å². The van der Waals surface area contributed by atoms with Crippen molar-refractivity contribution in [2.24, 2.45) is 5.92 Å². The topological polar surface area (TPSA) is 125 Å². The first-order valence-corrected chi connectivity index (χ1v) is 12.2. The first-order chi connectivity index (χ1) is 16.9. The maximum atomic E-state index is 14.8. The van der Waals surface area contributed by atoms with Gasteiger partial charge in [-0.1, -0.05) is 0 Å². The van der Waals surface area contributed by atoms with Gasteiger partial charge < -0.3 is 15.0 Å². The van der Waals surface area contributed by atoms with Crippen LogP contribution in [0.2, 0.25) is 0 Å².